The van der Waals surface area contributed by atoms with Crippen LogP contribution in [0.25, 0.3) is 16.8 Å². The summed E-state index contributed by atoms with van der Waals surface area (Å²) in [5.74, 6) is 0.805. The number of esters is 1. The fourth-order valence-corrected chi connectivity index (χ4v) is 5.92. The van der Waals surface area contributed by atoms with Crippen molar-refractivity contribution in [1.29, 1.82) is 0 Å². The van der Waals surface area contributed by atoms with Crippen molar-refractivity contribution in [3.8, 4) is 11.5 Å². The van der Waals surface area contributed by atoms with E-state index in [0.717, 1.165) is 27.6 Å². The Hall–Kier alpha value is -4.17. The number of nitrogens with zero attached hydrogens (tertiary/aromatic N) is 2. The lowest BCUT2D eigenvalue weighted by molar-refractivity contribution is -0.139. The predicted octanol–water partition coefficient (Wildman–Crippen LogP) is 4.28. The molecule has 1 aliphatic rings. The molecule has 1 atom stereocenters. The smallest absolute Gasteiger partial charge is 0.338 e. The van der Waals surface area contributed by atoms with E-state index in [9.17, 15) is 9.59 Å². The van der Waals surface area contributed by atoms with E-state index in [2.05, 4.69) is 4.99 Å². The third kappa shape index (κ3) is 4.31. The zero-order valence-electron chi connectivity index (χ0n) is 21.9. The number of hydrogen-bond acceptors (Lipinski definition) is 7. The Morgan fingerprint density at radius 2 is 1.82 bits per heavy atom. The number of carbonyl (C=O) groups is 1. The molecule has 1 aliphatic heterocycles. The van der Waals surface area contributed by atoms with Crippen LogP contribution in [0.1, 0.15) is 36.6 Å². The molecule has 0 bridgehead atoms. The molecule has 5 rings (SSSR count). The lowest BCUT2D eigenvalue weighted by Gasteiger charge is -2.27. The SMILES string of the molecule is CCOC(=O)C1=C(C)N=c2s/c(=C/c3ccc(C)c(OC)c3)c(=O)n2[C@@H]1c1c(OC)ccc2ccccc12. The molecule has 7 nitrogen and oxygen atoms in total. The molecule has 0 N–H and O–H groups in total. The van der Waals surface area contributed by atoms with Gasteiger partial charge in [0.15, 0.2) is 4.80 Å². The second-order valence-corrected chi connectivity index (χ2v) is 9.94. The number of hydrogen-bond donors (Lipinski definition) is 0. The molecule has 2 heterocycles. The summed E-state index contributed by atoms with van der Waals surface area (Å²) >= 11 is 1.28. The minimum Gasteiger partial charge on any atom is -0.496 e. The van der Waals surface area contributed by atoms with Crippen LogP contribution in [-0.2, 0) is 9.53 Å². The summed E-state index contributed by atoms with van der Waals surface area (Å²) in [6.45, 7) is 5.70. The highest BCUT2D eigenvalue weighted by molar-refractivity contribution is 7.07. The van der Waals surface area contributed by atoms with Gasteiger partial charge in [0.05, 0.1) is 36.6 Å². The molecule has 0 spiro atoms. The van der Waals surface area contributed by atoms with Gasteiger partial charge in [0.1, 0.15) is 17.5 Å². The van der Waals surface area contributed by atoms with Gasteiger partial charge >= 0.3 is 5.97 Å². The Labute approximate surface area is 223 Å². The Kier molecular flexibility index (Phi) is 6.91. The maximum Gasteiger partial charge on any atom is 0.338 e. The lowest BCUT2D eigenvalue weighted by atomic mass is 9.90. The van der Waals surface area contributed by atoms with Gasteiger partial charge in [-0.2, -0.15) is 0 Å². The number of aromatic nitrogens is 1. The highest BCUT2D eigenvalue weighted by Gasteiger charge is 2.36. The molecule has 0 saturated carbocycles. The van der Waals surface area contributed by atoms with Gasteiger partial charge in [-0.25, -0.2) is 9.79 Å². The monoisotopic (exact) mass is 528 g/mol. The maximum absolute atomic E-state index is 14.0. The van der Waals surface area contributed by atoms with E-state index in [1.165, 1.54) is 11.3 Å². The van der Waals surface area contributed by atoms with Crippen molar-refractivity contribution < 1.29 is 19.0 Å². The summed E-state index contributed by atoms with van der Waals surface area (Å²) < 4.78 is 18.8. The second-order valence-electron chi connectivity index (χ2n) is 8.93. The number of methoxy groups -OCH3 is 2. The summed E-state index contributed by atoms with van der Waals surface area (Å²) in [6.07, 6.45) is 1.83. The van der Waals surface area contributed by atoms with Gasteiger partial charge in [0.2, 0.25) is 0 Å². The van der Waals surface area contributed by atoms with Crippen molar-refractivity contribution >= 4 is 34.2 Å². The first kappa shape index (κ1) is 25.5. The fourth-order valence-electron chi connectivity index (χ4n) is 4.88. The summed E-state index contributed by atoms with van der Waals surface area (Å²) in [4.78, 5) is 32.6. The zero-order chi connectivity index (χ0) is 27.0. The van der Waals surface area contributed by atoms with Gasteiger partial charge in [0.25, 0.3) is 5.56 Å². The molecule has 0 unspecified atom stereocenters. The molecule has 3 aromatic carbocycles. The fraction of sp³-hybridized carbons (Fsp3) is 0.233. The largest absolute Gasteiger partial charge is 0.496 e. The number of fused-ring (bicyclic) bond motifs is 2. The van der Waals surface area contributed by atoms with Gasteiger partial charge in [-0.05, 0) is 60.9 Å². The van der Waals surface area contributed by atoms with Gasteiger partial charge in [-0.3, -0.25) is 9.36 Å². The van der Waals surface area contributed by atoms with E-state index >= 15 is 0 Å². The third-order valence-electron chi connectivity index (χ3n) is 6.67. The van der Waals surface area contributed by atoms with Crippen LogP contribution < -0.4 is 24.4 Å². The highest BCUT2D eigenvalue weighted by atomic mass is 32.1. The Morgan fingerprint density at radius 3 is 2.55 bits per heavy atom. The molecule has 8 heteroatoms. The molecule has 0 radical (unpaired) electrons. The minimum absolute atomic E-state index is 0.203. The van der Waals surface area contributed by atoms with Gasteiger partial charge < -0.3 is 14.2 Å². The van der Waals surface area contributed by atoms with Gasteiger partial charge in [-0.15, -0.1) is 0 Å². The van der Waals surface area contributed by atoms with Crippen molar-refractivity contribution in [2.24, 2.45) is 4.99 Å². The molecule has 0 aliphatic carbocycles. The van der Waals surface area contributed by atoms with Crippen LogP contribution in [0.5, 0.6) is 11.5 Å². The molecule has 0 saturated heterocycles. The summed E-state index contributed by atoms with van der Waals surface area (Å²) in [5, 5.41) is 1.85. The van der Waals surface area contributed by atoms with Crippen LogP contribution in [0.4, 0.5) is 0 Å². The van der Waals surface area contributed by atoms with Crippen molar-refractivity contribution in [1.82, 2.24) is 4.57 Å². The van der Waals surface area contributed by atoms with Crippen LogP contribution in [0.15, 0.2) is 75.7 Å². The van der Waals surface area contributed by atoms with Gasteiger partial charge in [-0.1, -0.05) is 53.8 Å². The zero-order valence-corrected chi connectivity index (χ0v) is 22.7. The predicted molar refractivity (Wildman–Crippen MR) is 149 cm³/mol. The Bertz CT molecular complexity index is 1780. The van der Waals surface area contributed by atoms with Crippen LogP contribution in [-0.4, -0.2) is 31.4 Å². The average Bonchev–Trinajstić information content (AvgIpc) is 3.22. The number of carbonyl (C=O) groups excluding carboxylic acids is 1. The Morgan fingerprint density at radius 1 is 1.05 bits per heavy atom. The maximum atomic E-state index is 14.0. The van der Waals surface area contributed by atoms with Crippen LogP contribution in [0.3, 0.4) is 0 Å². The third-order valence-corrected chi connectivity index (χ3v) is 7.65. The number of rotatable bonds is 6. The standard InChI is InChI=1S/C30H28N2O5S/c1-6-37-29(34)25-18(3)31-30-32(27(25)26-21-10-8-7-9-20(21)13-14-22(26)35-4)28(33)24(38-30)16-19-12-11-17(2)23(15-19)36-5/h7-16,27H,6H2,1-5H3/b24-16+/t27-/m0/s1. The first-order valence-corrected chi connectivity index (χ1v) is 13.1. The van der Waals surface area contributed by atoms with Crippen molar-refractivity contribution in [3.63, 3.8) is 0 Å². The van der Waals surface area contributed by atoms with E-state index < -0.39 is 12.0 Å². The summed E-state index contributed by atoms with van der Waals surface area (Å²) in [5.41, 5.74) is 3.13. The van der Waals surface area contributed by atoms with E-state index in [4.69, 9.17) is 14.2 Å². The van der Waals surface area contributed by atoms with Crippen LogP contribution >= 0.6 is 11.3 Å². The summed E-state index contributed by atoms with van der Waals surface area (Å²) in [6, 6.07) is 16.7. The topological polar surface area (TPSA) is 79.1 Å². The quantitative estimate of drug-likeness (QED) is 0.349. The highest BCUT2D eigenvalue weighted by Crippen LogP contribution is 2.40. The number of benzene rings is 3. The summed E-state index contributed by atoms with van der Waals surface area (Å²) in [7, 11) is 3.21. The molecule has 1 aromatic heterocycles. The average molecular weight is 529 g/mol. The van der Waals surface area contributed by atoms with E-state index in [1.807, 2.05) is 67.6 Å². The normalized spacial score (nSPS) is 15.3. The number of thiazole rings is 1. The van der Waals surface area contributed by atoms with E-state index in [-0.39, 0.29) is 12.2 Å². The van der Waals surface area contributed by atoms with E-state index in [1.54, 1.807) is 32.6 Å². The molecular formula is C30H28N2O5S. The number of ether oxygens (including phenoxy) is 3. The lowest BCUT2D eigenvalue weighted by Crippen LogP contribution is -2.40. The molecule has 0 fully saturated rings. The molecular weight excluding hydrogens is 500 g/mol. The number of aryl methyl sites for hydroxylation is 1. The van der Waals surface area contributed by atoms with Crippen molar-refractivity contribution in [2.45, 2.75) is 26.8 Å². The first-order valence-electron chi connectivity index (χ1n) is 12.3. The number of allylic oxidation sites excluding steroid dienone is 1. The van der Waals surface area contributed by atoms with Crippen LogP contribution in [0, 0.1) is 6.92 Å². The van der Waals surface area contributed by atoms with Crippen molar-refractivity contribution in [2.75, 3.05) is 20.8 Å². The Balaban J connectivity index is 1.83. The minimum atomic E-state index is -0.777. The van der Waals surface area contributed by atoms with Crippen molar-refractivity contribution in [3.05, 3.63) is 102 Å². The van der Waals surface area contributed by atoms with Crippen LogP contribution in [0.2, 0.25) is 0 Å². The van der Waals surface area contributed by atoms with E-state index in [0.29, 0.717) is 31.9 Å². The van der Waals surface area contributed by atoms with Gasteiger partial charge in [0, 0.05) is 5.56 Å². The molecule has 194 valence electrons. The second kappa shape index (κ2) is 10.3. The molecule has 38 heavy (non-hydrogen) atoms. The molecule has 4 aromatic rings. The first-order chi connectivity index (χ1) is 18.4. The molecule has 0 amide bonds.